The average molecular weight is 289 g/mol. The van der Waals surface area contributed by atoms with Gasteiger partial charge in [-0.2, -0.15) is 13.2 Å². The normalized spacial score (nSPS) is 11.8. The maximum Gasteiger partial charge on any atom is 0.433 e. The Kier molecular flexibility index (Phi) is 3.76. The van der Waals surface area contributed by atoms with E-state index in [-0.39, 0.29) is 11.6 Å². The van der Waals surface area contributed by atoms with Gasteiger partial charge in [-0.25, -0.2) is 4.98 Å². The fourth-order valence-corrected chi connectivity index (χ4v) is 2.20. The molecule has 9 heteroatoms. The van der Waals surface area contributed by atoms with Gasteiger partial charge in [0.2, 0.25) is 0 Å². The zero-order valence-electron chi connectivity index (χ0n) is 9.85. The Labute approximate surface area is 111 Å². The van der Waals surface area contributed by atoms with Crippen LogP contribution in [0.2, 0.25) is 0 Å². The first kappa shape index (κ1) is 13.8. The standard InChI is InChI=1S/C10H10F3N5S/c1-18-5-15-17-9(18)19-8-6(4-14)2-3-7(16-8)10(11,12)13/h2-3,5H,4,14H2,1H3. The third kappa shape index (κ3) is 3.04. The molecule has 2 aromatic rings. The lowest BCUT2D eigenvalue weighted by atomic mass is 10.2. The summed E-state index contributed by atoms with van der Waals surface area (Å²) in [5, 5.41) is 8.08. The average Bonchev–Trinajstić information content (AvgIpc) is 2.74. The van der Waals surface area contributed by atoms with E-state index in [2.05, 4.69) is 15.2 Å². The highest BCUT2D eigenvalue weighted by molar-refractivity contribution is 7.99. The molecule has 0 aromatic carbocycles. The summed E-state index contributed by atoms with van der Waals surface area (Å²) in [6, 6.07) is 2.25. The van der Waals surface area contributed by atoms with Gasteiger partial charge in [-0.15, -0.1) is 10.2 Å². The molecule has 2 heterocycles. The molecular weight excluding hydrogens is 279 g/mol. The molecule has 5 nitrogen and oxygen atoms in total. The molecule has 0 aliphatic heterocycles. The fraction of sp³-hybridized carbons (Fsp3) is 0.300. The Hall–Kier alpha value is -1.61. The van der Waals surface area contributed by atoms with Crippen molar-refractivity contribution in [1.82, 2.24) is 19.7 Å². The van der Waals surface area contributed by atoms with Crippen molar-refractivity contribution in [3.63, 3.8) is 0 Å². The van der Waals surface area contributed by atoms with Crippen LogP contribution in [-0.4, -0.2) is 19.7 Å². The van der Waals surface area contributed by atoms with E-state index >= 15 is 0 Å². The number of rotatable bonds is 3. The van der Waals surface area contributed by atoms with Crippen LogP contribution in [0.5, 0.6) is 0 Å². The van der Waals surface area contributed by atoms with Crippen molar-refractivity contribution in [2.75, 3.05) is 0 Å². The summed E-state index contributed by atoms with van der Waals surface area (Å²) in [6.07, 6.45) is -3.03. The molecule has 0 amide bonds. The number of aryl methyl sites for hydroxylation is 1. The minimum absolute atomic E-state index is 0.103. The van der Waals surface area contributed by atoms with Crippen LogP contribution in [0.15, 0.2) is 28.6 Å². The molecule has 0 saturated heterocycles. The predicted molar refractivity (Wildman–Crippen MR) is 62.3 cm³/mol. The first-order valence-corrected chi connectivity index (χ1v) is 6.02. The number of halogens is 3. The summed E-state index contributed by atoms with van der Waals surface area (Å²) >= 11 is 1.00. The van der Waals surface area contributed by atoms with E-state index in [1.807, 2.05) is 0 Å². The molecule has 2 N–H and O–H groups in total. The van der Waals surface area contributed by atoms with Crippen LogP contribution in [0.25, 0.3) is 0 Å². The minimum Gasteiger partial charge on any atom is -0.326 e. The largest absolute Gasteiger partial charge is 0.433 e. The van der Waals surface area contributed by atoms with Crippen molar-refractivity contribution < 1.29 is 13.2 Å². The van der Waals surface area contributed by atoms with Gasteiger partial charge in [0.05, 0.1) is 0 Å². The Morgan fingerprint density at radius 3 is 2.63 bits per heavy atom. The molecule has 0 aliphatic rings. The third-order valence-corrected chi connectivity index (χ3v) is 3.41. The van der Waals surface area contributed by atoms with E-state index < -0.39 is 11.9 Å². The summed E-state index contributed by atoms with van der Waals surface area (Å²) in [6.45, 7) is 0.103. The monoisotopic (exact) mass is 289 g/mol. The van der Waals surface area contributed by atoms with Gasteiger partial charge in [0.25, 0.3) is 0 Å². The lowest BCUT2D eigenvalue weighted by Crippen LogP contribution is -2.10. The topological polar surface area (TPSA) is 69.6 Å². The molecule has 19 heavy (non-hydrogen) atoms. The number of aromatic nitrogens is 4. The Morgan fingerprint density at radius 2 is 2.11 bits per heavy atom. The van der Waals surface area contributed by atoms with Crippen molar-refractivity contribution in [2.45, 2.75) is 22.9 Å². The first-order valence-electron chi connectivity index (χ1n) is 5.21. The SMILES string of the molecule is Cn1cnnc1Sc1nc(C(F)(F)F)ccc1CN. The van der Waals surface area contributed by atoms with Crippen LogP contribution in [0, 0.1) is 0 Å². The second-order valence-corrected chi connectivity index (χ2v) is 4.65. The maximum atomic E-state index is 12.6. The van der Waals surface area contributed by atoms with E-state index in [0.717, 1.165) is 17.8 Å². The quantitative estimate of drug-likeness (QED) is 0.933. The molecule has 0 atom stereocenters. The molecule has 0 unspecified atom stereocenters. The molecule has 0 spiro atoms. The molecule has 2 rings (SSSR count). The van der Waals surface area contributed by atoms with Gasteiger partial charge < -0.3 is 10.3 Å². The molecule has 0 radical (unpaired) electrons. The number of nitrogens with zero attached hydrogens (tertiary/aromatic N) is 4. The second-order valence-electron chi connectivity index (χ2n) is 3.69. The van der Waals surface area contributed by atoms with Crippen LogP contribution in [0.3, 0.4) is 0 Å². The van der Waals surface area contributed by atoms with E-state index in [1.165, 1.54) is 12.4 Å². The van der Waals surface area contributed by atoms with Gasteiger partial charge in [0, 0.05) is 13.6 Å². The highest BCUT2D eigenvalue weighted by Crippen LogP contribution is 2.32. The van der Waals surface area contributed by atoms with Gasteiger partial charge in [-0.05, 0) is 23.4 Å². The molecular formula is C10H10F3N5S. The summed E-state index contributed by atoms with van der Waals surface area (Å²) in [5.41, 5.74) is 5.08. The number of hydrogen-bond acceptors (Lipinski definition) is 5. The molecule has 102 valence electrons. The maximum absolute atomic E-state index is 12.6. The number of pyridine rings is 1. The molecule has 0 bridgehead atoms. The van der Waals surface area contributed by atoms with E-state index in [4.69, 9.17) is 5.73 Å². The Morgan fingerprint density at radius 1 is 1.37 bits per heavy atom. The lowest BCUT2D eigenvalue weighted by Gasteiger charge is -2.10. The van der Waals surface area contributed by atoms with Crippen molar-refractivity contribution in [3.8, 4) is 0 Å². The number of nitrogens with two attached hydrogens (primary N) is 1. The molecule has 0 fully saturated rings. The van der Waals surface area contributed by atoms with Crippen LogP contribution >= 0.6 is 11.8 Å². The lowest BCUT2D eigenvalue weighted by molar-refractivity contribution is -0.141. The highest BCUT2D eigenvalue weighted by atomic mass is 32.2. The van der Waals surface area contributed by atoms with Gasteiger partial charge in [-0.1, -0.05) is 6.07 Å². The smallest absolute Gasteiger partial charge is 0.326 e. The van der Waals surface area contributed by atoms with Crippen LogP contribution in [0.1, 0.15) is 11.3 Å². The van der Waals surface area contributed by atoms with Crippen molar-refractivity contribution in [2.24, 2.45) is 12.8 Å². The predicted octanol–water partition coefficient (Wildman–Crippen LogP) is 1.84. The Balaban J connectivity index is 2.40. The molecule has 2 aromatic heterocycles. The highest BCUT2D eigenvalue weighted by Gasteiger charge is 2.33. The number of alkyl halides is 3. The first-order chi connectivity index (χ1) is 8.91. The summed E-state index contributed by atoms with van der Waals surface area (Å²) in [7, 11) is 1.69. The summed E-state index contributed by atoms with van der Waals surface area (Å²) in [5.74, 6) is 0. The van der Waals surface area contributed by atoms with Gasteiger partial charge in [0.1, 0.15) is 17.0 Å². The Bertz CT molecular complexity index is 581. The molecule has 0 aliphatic carbocycles. The third-order valence-electron chi connectivity index (χ3n) is 2.31. The number of hydrogen-bond donors (Lipinski definition) is 1. The van der Waals surface area contributed by atoms with Crippen LogP contribution in [-0.2, 0) is 19.8 Å². The fourth-order valence-electron chi connectivity index (χ4n) is 1.32. The van der Waals surface area contributed by atoms with Gasteiger partial charge >= 0.3 is 6.18 Å². The zero-order valence-corrected chi connectivity index (χ0v) is 10.7. The second kappa shape index (κ2) is 5.17. The van der Waals surface area contributed by atoms with Crippen LogP contribution in [0.4, 0.5) is 13.2 Å². The summed E-state index contributed by atoms with van der Waals surface area (Å²) in [4.78, 5) is 3.61. The van der Waals surface area contributed by atoms with Crippen molar-refractivity contribution >= 4 is 11.8 Å². The van der Waals surface area contributed by atoms with Gasteiger partial charge in [0.15, 0.2) is 5.16 Å². The van der Waals surface area contributed by atoms with E-state index in [9.17, 15) is 13.2 Å². The van der Waals surface area contributed by atoms with Crippen molar-refractivity contribution in [1.29, 1.82) is 0 Å². The van der Waals surface area contributed by atoms with Crippen molar-refractivity contribution in [3.05, 3.63) is 29.7 Å². The van der Waals surface area contributed by atoms with E-state index in [1.54, 1.807) is 11.6 Å². The van der Waals surface area contributed by atoms with Crippen LogP contribution < -0.4 is 5.73 Å². The summed E-state index contributed by atoms with van der Waals surface area (Å²) < 4.78 is 39.5. The van der Waals surface area contributed by atoms with E-state index in [0.29, 0.717) is 10.7 Å². The zero-order chi connectivity index (χ0) is 14.0. The minimum atomic E-state index is -4.48. The van der Waals surface area contributed by atoms with Gasteiger partial charge in [-0.3, -0.25) is 0 Å². The molecule has 0 saturated carbocycles.